The number of aliphatic hydroxyl groups is 2. The topological polar surface area (TPSA) is 95.9 Å². The van der Waals surface area contributed by atoms with E-state index >= 15 is 0 Å². The quantitative estimate of drug-likeness (QED) is 0.0321. The third kappa shape index (κ3) is 51.3. The van der Waals surface area contributed by atoms with Crippen LogP contribution in [0, 0.1) is 0 Å². The number of nitrogens with one attached hydrogen (secondary N) is 1. The monoisotopic (exact) mass is 914 g/mol. The second kappa shape index (κ2) is 54.7. The van der Waals surface area contributed by atoms with Gasteiger partial charge in [0.1, 0.15) is 0 Å². The Hall–Kier alpha value is -1.92. The Bertz CT molecular complexity index is 1060. The molecule has 0 aliphatic rings. The summed E-state index contributed by atoms with van der Waals surface area (Å²) in [7, 11) is 0. The number of rotatable bonds is 53. The lowest BCUT2D eigenvalue weighted by Gasteiger charge is -2.20. The van der Waals surface area contributed by atoms with Gasteiger partial charge < -0.3 is 20.3 Å². The predicted molar refractivity (Wildman–Crippen MR) is 283 cm³/mol. The van der Waals surface area contributed by atoms with Gasteiger partial charge in [-0.3, -0.25) is 9.59 Å². The van der Waals surface area contributed by atoms with Gasteiger partial charge in [-0.05, 0) is 83.5 Å². The van der Waals surface area contributed by atoms with E-state index in [9.17, 15) is 19.8 Å². The van der Waals surface area contributed by atoms with Gasteiger partial charge in [0.25, 0.3) is 0 Å². The molecular formula is C59H111NO5. The van der Waals surface area contributed by atoms with Crippen LogP contribution < -0.4 is 5.32 Å². The average molecular weight is 915 g/mol. The van der Waals surface area contributed by atoms with Crippen molar-refractivity contribution in [3.05, 3.63) is 36.5 Å². The maximum atomic E-state index is 12.5. The van der Waals surface area contributed by atoms with E-state index in [1.165, 1.54) is 193 Å². The van der Waals surface area contributed by atoms with E-state index in [2.05, 4.69) is 43.5 Å². The lowest BCUT2D eigenvalue weighted by molar-refractivity contribution is -0.143. The maximum Gasteiger partial charge on any atom is 0.305 e. The zero-order chi connectivity index (χ0) is 47.2. The third-order valence-corrected chi connectivity index (χ3v) is 13.1. The molecular weight excluding hydrogens is 803 g/mol. The second-order valence-electron chi connectivity index (χ2n) is 19.6. The molecule has 2 unspecified atom stereocenters. The summed E-state index contributed by atoms with van der Waals surface area (Å²) < 4.78 is 5.42. The van der Waals surface area contributed by atoms with Gasteiger partial charge in [0.2, 0.25) is 5.91 Å². The van der Waals surface area contributed by atoms with Crippen LogP contribution in [0.4, 0.5) is 0 Å². The first kappa shape index (κ1) is 63.1. The first-order valence-electron chi connectivity index (χ1n) is 28.8. The molecule has 0 spiro atoms. The molecule has 0 aromatic heterocycles. The molecule has 0 aliphatic carbocycles. The fourth-order valence-corrected chi connectivity index (χ4v) is 8.67. The minimum absolute atomic E-state index is 0.0353. The van der Waals surface area contributed by atoms with Gasteiger partial charge in [-0.1, -0.05) is 243 Å². The van der Waals surface area contributed by atoms with Crippen molar-refractivity contribution in [2.24, 2.45) is 0 Å². The van der Waals surface area contributed by atoms with Crippen molar-refractivity contribution in [2.45, 2.75) is 315 Å². The number of hydrogen-bond acceptors (Lipinski definition) is 5. The standard InChI is InChI=1S/C59H111NO5/c1-3-5-7-9-11-13-15-16-17-18-19-20-21-22-23-24-25-26-27-28-32-35-39-43-47-51-57(62)56(55-61)60-58(63)52-48-44-40-36-33-29-30-34-38-42-46-50-54-65-59(64)53-49-45-41-37-31-14-12-10-8-6-4-2/h10,12,30,34,47,51,56-57,61-62H,3-9,11,13-29,31-33,35-46,48-50,52-55H2,1-2H3,(H,60,63)/b12-10-,34-30-,51-47+. The van der Waals surface area contributed by atoms with Gasteiger partial charge in [-0.25, -0.2) is 0 Å². The maximum absolute atomic E-state index is 12.5. The number of carbonyl (C=O) groups excluding carboxylic acids is 2. The Kier molecular flexibility index (Phi) is 53.1. The molecule has 0 rings (SSSR count). The molecule has 6 nitrogen and oxygen atoms in total. The van der Waals surface area contributed by atoms with Crippen LogP contribution in [-0.2, 0) is 14.3 Å². The molecule has 65 heavy (non-hydrogen) atoms. The molecule has 3 N–H and O–H groups in total. The van der Waals surface area contributed by atoms with Crippen molar-refractivity contribution >= 4 is 11.9 Å². The highest BCUT2D eigenvalue weighted by molar-refractivity contribution is 5.76. The highest BCUT2D eigenvalue weighted by Crippen LogP contribution is 2.17. The lowest BCUT2D eigenvalue weighted by atomic mass is 10.0. The number of carbonyl (C=O) groups is 2. The molecule has 0 saturated carbocycles. The van der Waals surface area contributed by atoms with Crippen molar-refractivity contribution in [2.75, 3.05) is 13.2 Å². The summed E-state index contributed by atoms with van der Waals surface area (Å²) in [4.78, 5) is 24.4. The molecule has 1 amide bonds. The lowest BCUT2D eigenvalue weighted by Crippen LogP contribution is -2.45. The SMILES string of the molecule is CCCC/C=C\CCCCCCCC(=O)OCCCCC/C=C\CCCCCCCC(=O)NC(CO)C(O)/C=C/CCCCCCCCCCCCCCCCCCCCCCCCC. The number of unbranched alkanes of at least 4 members (excludes halogenated alkanes) is 38. The highest BCUT2D eigenvalue weighted by Gasteiger charge is 2.18. The van der Waals surface area contributed by atoms with Crippen LogP contribution in [0.1, 0.15) is 303 Å². The largest absolute Gasteiger partial charge is 0.466 e. The Morgan fingerprint density at radius 3 is 1.14 bits per heavy atom. The smallest absolute Gasteiger partial charge is 0.305 e. The van der Waals surface area contributed by atoms with Crippen LogP contribution >= 0.6 is 0 Å². The Morgan fingerprint density at radius 2 is 0.738 bits per heavy atom. The van der Waals surface area contributed by atoms with Crippen LogP contribution in [0.25, 0.3) is 0 Å². The van der Waals surface area contributed by atoms with Gasteiger partial charge in [0.05, 0.1) is 25.4 Å². The average Bonchev–Trinajstić information content (AvgIpc) is 3.31. The Morgan fingerprint density at radius 1 is 0.415 bits per heavy atom. The summed E-state index contributed by atoms with van der Waals surface area (Å²) in [5, 5.41) is 23.2. The highest BCUT2D eigenvalue weighted by atomic mass is 16.5. The molecule has 2 atom stereocenters. The first-order chi connectivity index (χ1) is 32.0. The number of ether oxygens (including phenoxy) is 1. The molecule has 0 aliphatic heterocycles. The molecule has 0 heterocycles. The summed E-state index contributed by atoms with van der Waals surface area (Å²) in [5.74, 6) is -0.128. The zero-order valence-electron chi connectivity index (χ0n) is 43.5. The summed E-state index contributed by atoms with van der Waals surface area (Å²) in [6.07, 6.45) is 67.4. The van der Waals surface area contributed by atoms with Crippen LogP contribution in [0.5, 0.6) is 0 Å². The van der Waals surface area contributed by atoms with Gasteiger partial charge in [0, 0.05) is 12.8 Å². The number of hydrogen-bond donors (Lipinski definition) is 3. The molecule has 0 aromatic carbocycles. The predicted octanol–water partition coefficient (Wildman–Crippen LogP) is 17.6. The van der Waals surface area contributed by atoms with Gasteiger partial charge in [0.15, 0.2) is 0 Å². The van der Waals surface area contributed by atoms with E-state index in [0.717, 1.165) is 83.5 Å². The molecule has 6 heteroatoms. The summed E-state index contributed by atoms with van der Waals surface area (Å²) >= 11 is 0. The number of esters is 1. The van der Waals surface area contributed by atoms with Gasteiger partial charge in [-0.2, -0.15) is 0 Å². The number of allylic oxidation sites excluding steroid dienone is 5. The summed E-state index contributed by atoms with van der Waals surface area (Å²) in [5.41, 5.74) is 0. The molecule has 0 saturated heterocycles. The number of aliphatic hydroxyl groups excluding tert-OH is 2. The van der Waals surface area contributed by atoms with E-state index in [1.54, 1.807) is 6.08 Å². The fraction of sp³-hybridized carbons (Fsp3) is 0.864. The van der Waals surface area contributed by atoms with Crippen LogP contribution in [0.2, 0.25) is 0 Å². The molecule has 0 radical (unpaired) electrons. The van der Waals surface area contributed by atoms with Crippen LogP contribution in [0.3, 0.4) is 0 Å². The zero-order valence-corrected chi connectivity index (χ0v) is 43.5. The van der Waals surface area contributed by atoms with E-state index in [-0.39, 0.29) is 18.5 Å². The van der Waals surface area contributed by atoms with Crippen molar-refractivity contribution in [1.29, 1.82) is 0 Å². The van der Waals surface area contributed by atoms with Crippen molar-refractivity contribution < 1.29 is 24.5 Å². The fourth-order valence-electron chi connectivity index (χ4n) is 8.67. The molecule has 0 bridgehead atoms. The minimum Gasteiger partial charge on any atom is -0.466 e. The second-order valence-corrected chi connectivity index (χ2v) is 19.6. The van der Waals surface area contributed by atoms with Gasteiger partial charge in [-0.15, -0.1) is 0 Å². The molecule has 382 valence electrons. The van der Waals surface area contributed by atoms with Crippen LogP contribution in [-0.4, -0.2) is 47.4 Å². The summed E-state index contributed by atoms with van der Waals surface area (Å²) in [6.45, 7) is 4.81. The first-order valence-corrected chi connectivity index (χ1v) is 28.8. The Labute approximate surface area is 404 Å². The van der Waals surface area contributed by atoms with Crippen molar-refractivity contribution in [1.82, 2.24) is 5.32 Å². The Balaban J connectivity index is 3.53. The minimum atomic E-state index is -0.862. The van der Waals surface area contributed by atoms with Gasteiger partial charge >= 0.3 is 5.97 Å². The number of amides is 1. The van der Waals surface area contributed by atoms with Crippen molar-refractivity contribution in [3.63, 3.8) is 0 Å². The third-order valence-electron chi connectivity index (χ3n) is 13.1. The van der Waals surface area contributed by atoms with E-state index < -0.39 is 12.1 Å². The van der Waals surface area contributed by atoms with Crippen LogP contribution in [0.15, 0.2) is 36.5 Å². The summed E-state index contributed by atoms with van der Waals surface area (Å²) in [6, 6.07) is -0.648. The molecule has 0 aromatic rings. The molecule has 0 fully saturated rings. The van der Waals surface area contributed by atoms with E-state index in [0.29, 0.717) is 19.4 Å². The van der Waals surface area contributed by atoms with E-state index in [1.807, 2.05) is 6.08 Å². The normalized spacial score (nSPS) is 12.9. The van der Waals surface area contributed by atoms with E-state index in [4.69, 9.17) is 4.74 Å². The van der Waals surface area contributed by atoms with Crippen molar-refractivity contribution in [3.8, 4) is 0 Å².